The molecule has 2 heterocycles. The predicted molar refractivity (Wildman–Crippen MR) is 66.8 cm³/mol. The van der Waals surface area contributed by atoms with Crippen molar-refractivity contribution in [2.45, 2.75) is 19.5 Å². The lowest BCUT2D eigenvalue weighted by molar-refractivity contribution is -0.139. The van der Waals surface area contributed by atoms with Gasteiger partial charge in [-0.25, -0.2) is 4.98 Å². The highest BCUT2D eigenvalue weighted by atomic mass is 16.2. The van der Waals surface area contributed by atoms with Gasteiger partial charge in [-0.15, -0.1) is 0 Å². The van der Waals surface area contributed by atoms with Crippen molar-refractivity contribution < 1.29 is 9.59 Å². The van der Waals surface area contributed by atoms with Gasteiger partial charge in [-0.05, 0) is 24.6 Å². The third-order valence-electron chi connectivity index (χ3n) is 3.00. The number of carbonyl (C=O) groups excluding carboxylic acids is 2. The summed E-state index contributed by atoms with van der Waals surface area (Å²) in [6.07, 6.45) is 1.71. The molecule has 1 fully saturated rings. The number of aromatic nitrogens is 1. The van der Waals surface area contributed by atoms with Gasteiger partial charge >= 0.3 is 0 Å². The number of piperazine rings is 1. The van der Waals surface area contributed by atoms with E-state index in [1.54, 1.807) is 20.2 Å². The molecule has 6 nitrogen and oxygen atoms in total. The fraction of sp³-hybridized carbons (Fsp3) is 0.417. The van der Waals surface area contributed by atoms with E-state index in [1.807, 2.05) is 17.0 Å². The second kappa shape index (κ2) is 5.14. The number of imide groups is 1. The van der Waals surface area contributed by atoms with Crippen molar-refractivity contribution in [3.05, 3.63) is 23.9 Å². The average molecular weight is 248 g/mol. The molecule has 1 atom stereocenters. The van der Waals surface area contributed by atoms with Gasteiger partial charge in [0.05, 0.1) is 12.6 Å². The monoisotopic (exact) mass is 248 g/mol. The van der Waals surface area contributed by atoms with Gasteiger partial charge in [-0.2, -0.15) is 0 Å². The van der Waals surface area contributed by atoms with Crippen molar-refractivity contribution in [3.8, 4) is 0 Å². The second-order valence-electron chi connectivity index (χ2n) is 4.29. The standard InChI is InChI=1S/C12H16N4O2/c1-8-12(18)15-11(17)7-16(8)6-9-3-4-14-10(5-9)13-2/h3-5,8H,6-7H2,1-2H3,(H,13,14)(H,15,17,18). The van der Waals surface area contributed by atoms with E-state index in [-0.39, 0.29) is 24.4 Å². The number of carbonyl (C=O) groups is 2. The van der Waals surface area contributed by atoms with Crippen molar-refractivity contribution >= 4 is 17.6 Å². The summed E-state index contributed by atoms with van der Waals surface area (Å²) in [6.45, 7) is 2.59. The van der Waals surface area contributed by atoms with Crippen molar-refractivity contribution in [2.24, 2.45) is 0 Å². The maximum absolute atomic E-state index is 11.5. The summed E-state index contributed by atoms with van der Waals surface area (Å²) in [5.74, 6) is 0.281. The number of anilines is 1. The van der Waals surface area contributed by atoms with Gasteiger partial charge < -0.3 is 5.32 Å². The molecule has 0 bridgehead atoms. The molecule has 2 rings (SSSR count). The largest absolute Gasteiger partial charge is 0.373 e. The van der Waals surface area contributed by atoms with E-state index in [1.165, 1.54) is 0 Å². The number of hydrogen-bond acceptors (Lipinski definition) is 5. The molecule has 0 spiro atoms. The zero-order valence-electron chi connectivity index (χ0n) is 10.4. The van der Waals surface area contributed by atoms with E-state index < -0.39 is 0 Å². The molecule has 1 aromatic rings. The lowest BCUT2D eigenvalue weighted by Crippen LogP contribution is -2.56. The van der Waals surface area contributed by atoms with Crippen LogP contribution in [0, 0.1) is 0 Å². The fourth-order valence-corrected chi connectivity index (χ4v) is 1.91. The Hall–Kier alpha value is -1.95. The van der Waals surface area contributed by atoms with Gasteiger partial charge in [-0.1, -0.05) is 0 Å². The van der Waals surface area contributed by atoms with Crippen LogP contribution in [-0.2, 0) is 16.1 Å². The third-order valence-corrected chi connectivity index (χ3v) is 3.00. The summed E-state index contributed by atoms with van der Waals surface area (Å²) >= 11 is 0. The summed E-state index contributed by atoms with van der Waals surface area (Å²) in [6, 6.07) is 3.49. The molecule has 1 aliphatic rings. The number of rotatable bonds is 3. The average Bonchev–Trinajstić information content (AvgIpc) is 2.35. The molecule has 6 heteroatoms. The number of nitrogens with zero attached hydrogens (tertiary/aromatic N) is 2. The van der Waals surface area contributed by atoms with Crippen LogP contribution in [0.4, 0.5) is 5.82 Å². The molecule has 1 aliphatic heterocycles. The zero-order valence-corrected chi connectivity index (χ0v) is 10.4. The summed E-state index contributed by atoms with van der Waals surface area (Å²) in [5, 5.41) is 5.28. The molecule has 0 radical (unpaired) electrons. The molecule has 1 saturated heterocycles. The Morgan fingerprint density at radius 1 is 1.56 bits per heavy atom. The highest BCUT2D eigenvalue weighted by Gasteiger charge is 2.29. The van der Waals surface area contributed by atoms with E-state index in [2.05, 4.69) is 15.6 Å². The van der Waals surface area contributed by atoms with Crippen LogP contribution in [0.3, 0.4) is 0 Å². The Balaban J connectivity index is 2.11. The quantitative estimate of drug-likeness (QED) is 0.735. The first-order chi connectivity index (χ1) is 8.60. The molecule has 2 N–H and O–H groups in total. The topological polar surface area (TPSA) is 74.3 Å². The number of amides is 2. The van der Waals surface area contributed by atoms with Gasteiger partial charge in [-0.3, -0.25) is 19.8 Å². The highest BCUT2D eigenvalue weighted by molar-refractivity contribution is 6.00. The predicted octanol–water partition coefficient (Wildman–Crippen LogP) is -0.0298. The zero-order chi connectivity index (χ0) is 13.1. The highest BCUT2D eigenvalue weighted by Crippen LogP contribution is 2.13. The number of nitrogens with one attached hydrogen (secondary N) is 2. The lowest BCUT2D eigenvalue weighted by Gasteiger charge is -2.31. The minimum Gasteiger partial charge on any atom is -0.373 e. The van der Waals surface area contributed by atoms with E-state index in [9.17, 15) is 9.59 Å². The Morgan fingerprint density at radius 3 is 3.06 bits per heavy atom. The normalized spacial score (nSPS) is 20.7. The molecule has 1 unspecified atom stereocenters. The van der Waals surface area contributed by atoms with Gasteiger partial charge in [0.25, 0.3) is 0 Å². The first-order valence-corrected chi connectivity index (χ1v) is 5.80. The summed E-state index contributed by atoms with van der Waals surface area (Å²) in [7, 11) is 1.80. The van der Waals surface area contributed by atoms with Crippen molar-refractivity contribution in [1.82, 2.24) is 15.2 Å². The molecule has 96 valence electrons. The van der Waals surface area contributed by atoms with Crippen LogP contribution >= 0.6 is 0 Å². The van der Waals surface area contributed by atoms with Crippen LogP contribution in [0.15, 0.2) is 18.3 Å². The van der Waals surface area contributed by atoms with Crippen molar-refractivity contribution in [3.63, 3.8) is 0 Å². The molecular formula is C12H16N4O2. The number of hydrogen-bond donors (Lipinski definition) is 2. The van der Waals surface area contributed by atoms with E-state index in [4.69, 9.17) is 0 Å². The maximum Gasteiger partial charge on any atom is 0.243 e. The van der Waals surface area contributed by atoms with Gasteiger partial charge in [0.15, 0.2) is 0 Å². The Labute approximate surface area is 105 Å². The molecule has 0 aliphatic carbocycles. The van der Waals surface area contributed by atoms with Crippen LogP contribution in [-0.4, -0.2) is 41.3 Å². The Kier molecular flexibility index (Phi) is 3.57. The van der Waals surface area contributed by atoms with Crippen LogP contribution in [0.1, 0.15) is 12.5 Å². The molecule has 18 heavy (non-hydrogen) atoms. The summed E-state index contributed by atoms with van der Waals surface area (Å²) in [5.41, 5.74) is 1.02. The first-order valence-electron chi connectivity index (χ1n) is 5.80. The summed E-state index contributed by atoms with van der Waals surface area (Å²) < 4.78 is 0. The molecule has 1 aromatic heterocycles. The summed E-state index contributed by atoms with van der Waals surface area (Å²) in [4.78, 5) is 28.8. The van der Waals surface area contributed by atoms with Crippen LogP contribution in [0.5, 0.6) is 0 Å². The molecule has 0 saturated carbocycles. The minimum atomic E-state index is -0.297. The van der Waals surface area contributed by atoms with E-state index in [0.29, 0.717) is 6.54 Å². The molecular weight excluding hydrogens is 232 g/mol. The Bertz CT molecular complexity index is 475. The van der Waals surface area contributed by atoms with Crippen molar-refractivity contribution in [2.75, 3.05) is 18.9 Å². The van der Waals surface area contributed by atoms with Gasteiger partial charge in [0.1, 0.15) is 5.82 Å². The minimum absolute atomic E-state index is 0.240. The Morgan fingerprint density at radius 2 is 2.33 bits per heavy atom. The first kappa shape index (κ1) is 12.5. The van der Waals surface area contributed by atoms with Crippen LogP contribution in [0.25, 0.3) is 0 Å². The van der Waals surface area contributed by atoms with Gasteiger partial charge in [0.2, 0.25) is 11.8 Å². The molecule has 2 amide bonds. The lowest BCUT2D eigenvalue weighted by atomic mass is 10.1. The second-order valence-corrected chi connectivity index (χ2v) is 4.29. The molecule has 0 aromatic carbocycles. The van der Waals surface area contributed by atoms with Gasteiger partial charge in [0, 0.05) is 19.8 Å². The smallest absolute Gasteiger partial charge is 0.243 e. The van der Waals surface area contributed by atoms with Crippen LogP contribution < -0.4 is 10.6 Å². The number of pyridine rings is 1. The van der Waals surface area contributed by atoms with Crippen LogP contribution in [0.2, 0.25) is 0 Å². The van der Waals surface area contributed by atoms with E-state index in [0.717, 1.165) is 11.4 Å². The fourth-order valence-electron chi connectivity index (χ4n) is 1.91. The van der Waals surface area contributed by atoms with Crippen molar-refractivity contribution in [1.29, 1.82) is 0 Å². The van der Waals surface area contributed by atoms with E-state index >= 15 is 0 Å². The SMILES string of the molecule is CNc1cc(CN2CC(=O)NC(=O)C2C)ccn1. The third kappa shape index (κ3) is 2.65. The maximum atomic E-state index is 11.5.